The summed E-state index contributed by atoms with van der Waals surface area (Å²) < 4.78 is 24.7. The number of hydrogen-bond acceptors (Lipinski definition) is 4. The van der Waals surface area contributed by atoms with E-state index in [1.807, 2.05) is 30.3 Å². The molecule has 3 aromatic rings. The summed E-state index contributed by atoms with van der Waals surface area (Å²) in [6, 6.07) is 15.5. The van der Waals surface area contributed by atoms with E-state index in [0.29, 0.717) is 11.3 Å². The maximum Gasteiger partial charge on any atom is 0.276 e. The lowest BCUT2D eigenvalue weighted by Gasteiger charge is -2.08. The molecule has 0 saturated carbocycles. The molecule has 1 amide bonds. The Labute approximate surface area is 145 Å². The number of nitrogens with one attached hydrogen (secondary N) is 1. The Morgan fingerprint density at radius 1 is 1.12 bits per heavy atom. The minimum Gasteiger partial charge on any atom is -0.321 e. The zero-order chi connectivity index (χ0) is 18.0. The number of carbonyl (C=O) groups is 1. The first kappa shape index (κ1) is 16.9. The highest BCUT2D eigenvalue weighted by atomic mass is 32.2. The Bertz CT molecular complexity index is 1030. The van der Waals surface area contributed by atoms with Gasteiger partial charge in [-0.1, -0.05) is 24.3 Å². The van der Waals surface area contributed by atoms with Gasteiger partial charge in [-0.25, -0.2) is 18.2 Å². The highest BCUT2D eigenvalue weighted by molar-refractivity contribution is 7.89. The van der Waals surface area contributed by atoms with Crippen LogP contribution in [-0.4, -0.2) is 24.1 Å². The van der Waals surface area contributed by atoms with Crippen molar-refractivity contribution in [2.45, 2.75) is 11.8 Å². The second kappa shape index (κ2) is 6.50. The number of aryl methyl sites for hydroxylation is 1. The number of benzene rings is 2. The second-order valence-electron chi connectivity index (χ2n) is 5.46. The van der Waals surface area contributed by atoms with Crippen molar-refractivity contribution in [2.24, 2.45) is 5.14 Å². The van der Waals surface area contributed by atoms with Gasteiger partial charge in [0.15, 0.2) is 5.69 Å². The summed E-state index contributed by atoms with van der Waals surface area (Å²) in [5, 5.41) is 12.0. The van der Waals surface area contributed by atoms with Gasteiger partial charge in [-0.15, -0.1) is 0 Å². The fourth-order valence-electron chi connectivity index (χ4n) is 2.35. The molecule has 0 fully saturated rings. The number of aromatic nitrogens is 2. The molecule has 25 heavy (non-hydrogen) atoms. The molecule has 0 atom stereocenters. The molecule has 2 aromatic carbocycles. The topological polar surface area (TPSA) is 107 Å². The van der Waals surface area contributed by atoms with E-state index in [0.717, 1.165) is 5.69 Å². The smallest absolute Gasteiger partial charge is 0.276 e. The van der Waals surface area contributed by atoms with Gasteiger partial charge in [0.2, 0.25) is 10.0 Å². The monoisotopic (exact) mass is 356 g/mol. The number of anilines is 1. The van der Waals surface area contributed by atoms with Crippen LogP contribution >= 0.6 is 0 Å². The maximum atomic E-state index is 12.3. The number of nitrogens with two attached hydrogens (primary N) is 1. The number of hydrogen-bond donors (Lipinski definition) is 2. The minimum atomic E-state index is -3.86. The fraction of sp³-hybridized carbons (Fsp3) is 0.0588. The van der Waals surface area contributed by atoms with Gasteiger partial charge in [0.1, 0.15) is 0 Å². The van der Waals surface area contributed by atoms with Gasteiger partial charge in [-0.05, 0) is 42.8 Å². The summed E-state index contributed by atoms with van der Waals surface area (Å²) in [5.74, 6) is -0.445. The lowest BCUT2D eigenvalue weighted by atomic mass is 10.2. The molecule has 3 rings (SSSR count). The highest BCUT2D eigenvalue weighted by Gasteiger charge is 2.15. The van der Waals surface area contributed by atoms with Gasteiger partial charge in [0.25, 0.3) is 5.91 Å². The molecular formula is C17H16N4O3S. The number of carbonyl (C=O) groups excluding carboxylic acids is 1. The van der Waals surface area contributed by atoms with Crippen LogP contribution in [0.3, 0.4) is 0 Å². The van der Waals surface area contributed by atoms with E-state index >= 15 is 0 Å². The maximum absolute atomic E-state index is 12.3. The average Bonchev–Trinajstić information content (AvgIpc) is 3.06. The minimum absolute atomic E-state index is 0.0277. The van der Waals surface area contributed by atoms with Gasteiger partial charge in [0.05, 0.1) is 10.6 Å². The van der Waals surface area contributed by atoms with Crippen molar-refractivity contribution in [3.63, 3.8) is 0 Å². The van der Waals surface area contributed by atoms with Crippen LogP contribution in [0.2, 0.25) is 0 Å². The summed E-state index contributed by atoms with van der Waals surface area (Å²) in [7, 11) is -3.86. The number of rotatable bonds is 4. The molecule has 0 radical (unpaired) electrons. The first-order chi connectivity index (χ1) is 11.8. The van der Waals surface area contributed by atoms with Crippen molar-refractivity contribution in [1.82, 2.24) is 9.78 Å². The lowest BCUT2D eigenvalue weighted by molar-refractivity contribution is 0.102. The molecule has 8 heteroatoms. The third-order valence-electron chi connectivity index (χ3n) is 3.59. The van der Waals surface area contributed by atoms with E-state index in [4.69, 9.17) is 5.14 Å². The SMILES string of the molecule is Cc1ccc(NC(=O)c2ccn(-c3ccccc3)n2)cc1S(N)(=O)=O. The van der Waals surface area contributed by atoms with Crippen LogP contribution in [-0.2, 0) is 10.0 Å². The van der Waals surface area contributed by atoms with Crippen molar-refractivity contribution in [2.75, 3.05) is 5.32 Å². The predicted octanol–water partition coefficient (Wildman–Crippen LogP) is 2.08. The molecule has 0 bridgehead atoms. The van der Waals surface area contributed by atoms with Gasteiger partial charge in [-0.2, -0.15) is 5.10 Å². The van der Waals surface area contributed by atoms with Crippen LogP contribution < -0.4 is 10.5 Å². The van der Waals surface area contributed by atoms with E-state index in [1.165, 1.54) is 6.07 Å². The molecule has 128 valence electrons. The number of amides is 1. The Morgan fingerprint density at radius 2 is 1.84 bits per heavy atom. The Hall–Kier alpha value is -2.97. The predicted molar refractivity (Wildman–Crippen MR) is 94.1 cm³/mol. The quantitative estimate of drug-likeness (QED) is 0.746. The fourth-order valence-corrected chi connectivity index (χ4v) is 3.16. The van der Waals surface area contributed by atoms with Gasteiger partial charge in [-0.3, -0.25) is 4.79 Å². The zero-order valence-electron chi connectivity index (χ0n) is 13.4. The second-order valence-corrected chi connectivity index (χ2v) is 6.99. The number of sulfonamides is 1. The summed E-state index contributed by atoms with van der Waals surface area (Å²) in [5.41, 5.74) is 1.87. The van der Waals surface area contributed by atoms with Crippen molar-refractivity contribution >= 4 is 21.6 Å². The first-order valence-corrected chi connectivity index (χ1v) is 8.95. The summed E-state index contributed by atoms with van der Waals surface area (Å²) >= 11 is 0. The number of para-hydroxylation sites is 1. The van der Waals surface area contributed by atoms with Crippen LogP contribution in [0.1, 0.15) is 16.1 Å². The van der Waals surface area contributed by atoms with Crippen molar-refractivity contribution in [1.29, 1.82) is 0 Å². The normalized spacial score (nSPS) is 11.3. The Morgan fingerprint density at radius 3 is 2.52 bits per heavy atom. The van der Waals surface area contributed by atoms with E-state index in [1.54, 1.807) is 36.0 Å². The third kappa shape index (κ3) is 3.76. The first-order valence-electron chi connectivity index (χ1n) is 7.40. The molecule has 3 N–H and O–H groups in total. The van der Waals surface area contributed by atoms with Crippen molar-refractivity contribution in [3.8, 4) is 5.69 Å². The van der Waals surface area contributed by atoms with Crippen LogP contribution in [0.4, 0.5) is 5.69 Å². The lowest BCUT2D eigenvalue weighted by Crippen LogP contribution is -2.16. The molecule has 7 nitrogen and oxygen atoms in total. The van der Waals surface area contributed by atoms with Crippen molar-refractivity contribution in [3.05, 3.63) is 72.1 Å². The standard InChI is InChI=1S/C17H16N4O3S/c1-12-7-8-13(11-16(12)25(18,23)24)19-17(22)15-9-10-21(20-15)14-5-3-2-4-6-14/h2-11H,1H3,(H,19,22)(H2,18,23,24). The molecule has 0 spiro atoms. The van der Waals surface area contributed by atoms with Gasteiger partial charge >= 0.3 is 0 Å². The largest absolute Gasteiger partial charge is 0.321 e. The van der Waals surface area contributed by atoms with Crippen LogP contribution in [0.25, 0.3) is 5.69 Å². The van der Waals surface area contributed by atoms with E-state index in [-0.39, 0.29) is 10.6 Å². The molecule has 0 aliphatic carbocycles. The molecule has 1 aromatic heterocycles. The van der Waals surface area contributed by atoms with Crippen LogP contribution in [0.5, 0.6) is 0 Å². The summed E-state index contributed by atoms with van der Waals surface area (Å²) in [6.45, 7) is 1.63. The zero-order valence-corrected chi connectivity index (χ0v) is 14.2. The summed E-state index contributed by atoms with van der Waals surface area (Å²) in [6.07, 6.45) is 1.68. The molecule has 0 saturated heterocycles. The third-order valence-corrected chi connectivity index (χ3v) is 4.65. The Kier molecular flexibility index (Phi) is 4.39. The van der Waals surface area contributed by atoms with E-state index < -0.39 is 15.9 Å². The molecule has 1 heterocycles. The van der Waals surface area contributed by atoms with E-state index in [2.05, 4.69) is 10.4 Å². The Balaban J connectivity index is 1.83. The highest BCUT2D eigenvalue weighted by Crippen LogP contribution is 2.19. The van der Waals surface area contributed by atoms with Crippen LogP contribution in [0, 0.1) is 6.92 Å². The molecule has 0 aliphatic heterocycles. The number of primary sulfonamides is 1. The van der Waals surface area contributed by atoms with E-state index in [9.17, 15) is 13.2 Å². The van der Waals surface area contributed by atoms with Gasteiger partial charge < -0.3 is 5.32 Å². The molecular weight excluding hydrogens is 340 g/mol. The van der Waals surface area contributed by atoms with Crippen LogP contribution in [0.15, 0.2) is 65.7 Å². The van der Waals surface area contributed by atoms with Gasteiger partial charge in [0, 0.05) is 11.9 Å². The number of nitrogens with zero attached hydrogens (tertiary/aromatic N) is 2. The van der Waals surface area contributed by atoms with Crippen molar-refractivity contribution < 1.29 is 13.2 Å². The average molecular weight is 356 g/mol. The molecule has 0 aliphatic rings. The molecule has 0 unspecified atom stereocenters. The summed E-state index contributed by atoms with van der Waals surface area (Å²) in [4.78, 5) is 12.3.